The summed E-state index contributed by atoms with van der Waals surface area (Å²) in [6.45, 7) is 8.17. The number of likely N-dealkylation sites (tertiary alicyclic amines) is 1. The molecule has 2 saturated heterocycles. The maximum atomic E-state index is 12.7. The van der Waals surface area contributed by atoms with Crippen LogP contribution in [0.5, 0.6) is 0 Å². The molecule has 2 rings (SSSR count). The van der Waals surface area contributed by atoms with Crippen LogP contribution in [-0.4, -0.2) is 36.1 Å². The molecule has 2 heterocycles. The molecule has 0 bridgehead atoms. The molecule has 2 unspecified atom stereocenters. The van der Waals surface area contributed by atoms with Gasteiger partial charge in [-0.25, -0.2) is 0 Å². The molecule has 0 spiro atoms. The van der Waals surface area contributed by atoms with Gasteiger partial charge in [0.25, 0.3) is 0 Å². The molecule has 0 aromatic heterocycles. The van der Waals surface area contributed by atoms with Crippen LogP contribution in [-0.2, 0) is 9.53 Å². The summed E-state index contributed by atoms with van der Waals surface area (Å²) in [4.78, 5) is 14.9. The Morgan fingerprint density at radius 2 is 1.94 bits per heavy atom. The Bertz CT molecular complexity index is 286. The lowest BCUT2D eigenvalue weighted by Crippen LogP contribution is -2.45. The van der Waals surface area contributed by atoms with Crippen LogP contribution in [0.3, 0.4) is 0 Å². The van der Waals surface area contributed by atoms with Crippen LogP contribution >= 0.6 is 0 Å². The summed E-state index contributed by atoms with van der Waals surface area (Å²) < 4.78 is 5.39. The largest absolute Gasteiger partial charge is 0.381 e. The van der Waals surface area contributed by atoms with Gasteiger partial charge in [0.2, 0.25) is 5.91 Å². The second-order valence-electron chi connectivity index (χ2n) is 5.97. The molecule has 18 heavy (non-hydrogen) atoms. The lowest BCUT2D eigenvalue weighted by atomic mass is 9.86. The van der Waals surface area contributed by atoms with Gasteiger partial charge in [-0.05, 0) is 44.9 Å². The van der Waals surface area contributed by atoms with Crippen LogP contribution in [0.4, 0.5) is 0 Å². The molecule has 0 aromatic carbocycles. The number of carbonyl (C=O) groups is 1. The molecular formula is C15H27NO2. The van der Waals surface area contributed by atoms with Gasteiger partial charge < -0.3 is 9.64 Å². The second-order valence-corrected chi connectivity index (χ2v) is 5.97. The van der Waals surface area contributed by atoms with Crippen LogP contribution in [0, 0.1) is 11.8 Å². The van der Waals surface area contributed by atoms with Gasteiger partial charge in [0.1, 0.15) is 0 Å². The number of amides is 1. The Hall–Kier alpha value is -0.570. The van der Waals surface area contributed by atoms with Crippen LogP contribution in [0.25, 0.3) is 0 Å². The molecule has 3 heteroatoms. The van der Waals surface area contributed by atoms with Gasteiger partial charge >= 0.3 is 0 Å². The molecule has 2 fully saturated rings. The van der Waals surface area contributed by atoms with Crippen molar-refractivity contribution in [3.8, 4) is 0 Å². The smallest absolute Gasteiger partial charge is 0.226 e. The molecule has 0 radical (unpaired) electrons. The van der Waals surface area contributed by atoms with E-state index in [0.29, 0.717) is 23.9 Å². The molecule has 3 atom stereocenters. The molecule has 0 saturated carbocycles. The first-order valence-corrected chi connectivity index (χ1v) is 7.55. The first kappa shape index (κ1) is 13.9. The highest BCUT2D eigenvalue weighted by Gasteiger charge is 2.37. The third-order valence-electron chi connectivity index (χ3n) is 4.87. The average Bonchev–Trinajstić information content (AvgIpc) is 2.79. The fraction of sp³-hybridized carbons (Fsp3) is 0.933. The number of ether oxygens (including phenoxy) is 1. The molecular weight excluding hydrogens is 226 g/mol. The minimum Gasteiger partial charge on any atom is -0.381 e. The van der Waals surface area contributed by atoms with E-state index in [2.05, 4.69) is 25.7 Å². The number of rotatable bonds is 3. The van der Waals surface area contributed by atoms with Gasteiger partial charge in [-0.2, -0.15) is 0 Å². The fourth-order valence-electron chi connectivity index (χ4n) is 3.52. The van der Waals surface area contributed by atoms with E-state index in [1.54, 1.807) is 0 Å². The standard InChI is InChI=1S/C15H27NO2/c1-4-14-6-5-11(2)16(14)15(17)12(3)13-7-9-18-10-8-13/h11-14H,4-10H2,1-3H3/t11-,12?,14?/m1/s1. The topological polar surface area (TPSA) is 29.5 Å². The molecule has 2 aliphatic heterocycles. The normalized spacial score (nSPS) is 31.6. The van der Waals surface area contributed by atoms with E-state index < -0.39 is 0 Å². The van der Waals surface area contributed by atoms with Crippen molar-refractivity contribution in [2.24, 2.45) is 11.8 Å². The molecule has 104 valence electrons. The summed E-state index contributed by atoms with van der Waals surface area (Å²) in [6, 6.07) is 0.916. The highest BCUT2D eigenvalue weighted by Crippen LogP contribution is 2.31. The molecule has 0 N–H and O–H groups in total. The number of hydrogen-bond acceptors (Lipinski definition) is 2. The average molecular weight is 253 g/mol. The highest BCUT2D eigenvalue weighted by molar-refractivity contribution is 5.79. The predicted molar refractivity (Wildman–Crippen MR) is 72.3 cm³/mol. The zero-order chi connectivity index (χ0) is 13.1. The summed E-state index contributed by atoms with van der Waals surface area (Å²) in [6.07, 6.45) is 5.54. The zero-order valence-electron chi connectivity index (χ0n) is 12.0. The quantitative estimate of drug-likeness (QED) is 0.774. The number of hydrogen-bond donors (Lipinski definition) is 0. The number of carbonyl (C=O) groups excluding carboxylic acids is 1. The number of nitrogens with zero attached hydrogens (tertiary/aromatic N) is 1. The van der Waals surface area contributed by atoms with Gasteiger partial charge in [-0.15, -0.1) is 0 Å². The van der Waals surface area contributed by atoms with Gasteiger partial charge in [0.15, 0.2) is 0 Å². The Balaban J connectivity index is 2.00. The van der Waals surface area contributed by atoms with Crippen molar-refractivity contribution in [1.29, 1.82) is 0 Å². The van der Waals surface area contributed by atoms with Crippen molar-refractivity contribution in [3.63, 3.8) is 0 Å². The molecule has 1 amide bonds. The summed E-state index contributed by atoms with van der Waals surface area (Å²) in [7, 11) is 0. The van der Waals surface area contributed by atoms with E-state index in [0.717, 1.165) is 32.5 Å². The third kappa shape index (κ3) is 2.71. The monoisotopic (exact) mass is 253 g/mol. The minimum absolute atomic E-state index is 0.170. The fourth-order valence-corrected chi connectivity index (χ4v) is 3.52. The predicted octanol–water partition coefficient (Wildman–Crippen LogP) is 2.84. The third-order valence-corrected chi connectivity index (χ3v) is 4.87. The summed E-state index contributed by atoms with van der Waals surface area (Å²) in [5, 5.41) is 0. The van der Waals surface area contributed by atoms with Crippen LogP contribution < -0.4 is 0 Å². The Labute approximate surface area is 111 Å². The van der Waals surface area contributed by atoms with Gasteiger partial charge in [-0.3, -0.25) is 4.79 Å². The maximum absolute atomic E-state index is 12.7. The van der Waals surface area contributed by atoms with Crippen molar-refractivity contribution in [2.45, 2.75) is 65.0 Å². The van der Waals surface area contributed by atoms with Crippen LogP contribution in [0.1, 0.15) is 52.9 Å². The van der Waals surface area contributed by atoms with E-state index >= 15 is 0 Å². The Morgan fingerprint density at radius 3 is 2.56 bits per heavy atom. The highest BCUT2D eigenvalue weighted by atomic mass is 16.5. The molecule has 0 aliphatic carbocycles. The Morgan fingerprint density at radius 1 is 1.28 bits per heavy atom. The molecule has 2 aliphatic rings. The summed E-state index contributed by atoms with van der Waals surface area (Å²) in [5.41, 5.74) is 0. The molecule has 0 aromatic rings. The van der Waals surface area contributed by atoms with E-state index in [9.17, 15) is 4.79 Å². The summed E-state index contributed by atoms with van der Waals surface area (Å²) >= 11 is 0. The van der Waals surface area contributed by atoms with E-state index in [4.69, 9.17) is 4.74 Å². The second kappa shape index (κ2) is 6.05. The van der Waals surface area contributed by atoms with Gasteiger partial charge in [0, 0.05) is 31.2 Å². The minimum atomic E-state index is 0.170. The van der Waals surface area contributed by atoms with Crippen molar-refractivity contribution < 1.29 is 9.53 Å². The van der Waals surface area contributed by atoms with Crippen LogP contribution in [0.15, 0.2) is 0 Å². The first-order valence-electron chi connectivity index (χ1n) is 7.55. The van der Waals surface area contributed by atoms with E-state index in [1.165, 1.54) is 12.8 Å². The maximum Gasteiger partial charge on any atom is 0.226 e. The van der Waals surface area contributed by atoms with Crippen molar-refractivity contribution >= 4 is 5.91 Å². The lowest BCUT2D eigenvalue weighted by Gasteiger charge is -2.34. The van der Waals surface area contributed by atoms with Gasteiger partial charge in [-0.1, -0.05) is 13.8 Å². The Kier molecular flexibility index (Phi) is 4.66. The van der Waals surface area contributed by atoms with E-state index in [-0.39, 0.29) is 5.92 Å². The van der Waals surface area contributed by atoms with Gasteiger partial charge in [0.05, 0.1) is 0 Å². The van der Waals surface area contributed by atoms with Crippen molar-refractivity contribution in [2.75, 3.05) is 13.2 Å². The zero-order valence-corrected chi connectivity index (χ0v) is 12.0. The first-order chi connectivity index (χ1) is 8.65. The van der Waals surface area contributed by atoms with Crippen molar-refractivity contribution in [1.82, 2.24) is 4.90 Å². The lowest BCUT2D eigenvalue weighted by molar-refractivity contribution is -0.140. The SMILES string of the molecule is CCC1CC[C@@H](C)N1C(=O)C(C)C1CCOCC1. The van der Waals surface area contributed by atoms with Crippen molar-refractivity contribution in [3.05, 3.63) is 0 Å². The van der Waals surface area contributed by atoms with Crippen LogP contribution in [0.2, 0.25) is 0 Å². The molecule has 3 nitrogen and oxygen atoms in total. The summed E-state index contributed by atoms with van der Waals surface area (Å²) in [5.74, 6) is 1.08. The van der Waals surface area contributed by atoms with E-state index in [1.807, 2.05) is 0 Å².